The van der Waals surface area contributed by atoms with Crippen LogP contribution in [0.1, 0.15) is 46.8 Å². The fraction of sp³-hybridized carbons (Fsp3) is 0.261. The number of aromatic nitrogens is 1. The van der Waals surface area contributed by atoms with Crippen LogP contribution in [0.15, 0.2) is 34.0 Å². The van der Waals surface area contributed by atoms with Crippen LogP contribution in [0.25, 0.3) is 6.08 Å². The van der Waals surface area contributed by atoms with Crippen LogP contribution >= 0.6 is 24.0 Å². The second kappa shape index (κ2) is 10.1. The van der Waals surface area contributed by atoms with Crippen molar-refractivity contribution in [2.24, 2.45) is 0 Å². The van der Waals surface area contributed by atoms with Gasteiger partial charge < -0.3 is 5.11 Å². The molecule has 2 aromatic rings. The van der Waals surface area contributed by atoms with Crippen molar-refractivity contribution in [2.45, 2.75) is 33.2 Å². The van der Waals surface area contributed by atoms with Crippen molar-refractivity contribution < 1.29 is 19.1 Å². The van der Waals surface area contributed by atoms with Gasteiger partial charge in [0.2, 0.25) is 5.88 Å². The molecule has 1 amide bonds. The minimum atomic E-state index is -0.642. The van der Waals surface area contributed by atoms with Crippen LogP contribution in [0.5, 0.6) is 5.88 Å². The number of aromatic hydroxyl groups is 1. The molecule has 1 N–H and O–H groups in total. The van der Waals surface area contributed by atoms with Crippen LogP contribution in [-0.4, -0.2) is 37.1 Å². The molecule has 2 heterocycles. The fourth-order valence-electron chi connectivity index (χ4n) is 3.50. The molecular formula is C23H20FN3O4S2. The van der Waals surface area contributed by atoms with Gasteiger partial charge in [0.25, 0.3) is 11.5 Å². The first-order chi connectivity index (χ1) is 15.7. The smallest absolute Gasteiger partial charge is 0.271 e. The predicted molar refractivity (Wildman–Crippen MR) is 127 cm³/mol. The number of carbonyl (C=O) groups excluding carboxylic acids is 2. The fourth-order valence-corrected chi connectivity index (χ4v) is 4.81. The molecule has 3 rings (SSSR count). The highest BCUT2D eigenvalue weighted by Crippen LogP contribution is 2.33. The maximum atomic E-state index is 13.1. The number of ketones is 1. The van der Waals surface area contributed by atoms with Gasteiger partial charge in [0.1, 0.15) is 21.8 Å². The van der Waals surface area contributed by atoms with Crippen molar-refractivity contribution in [2.75, 3.05) is 6.54 Å². The molecule has 1 aromatic carbocycles. The molecule has 0 bridgehead atoms. The Morgan fingerprint density at radius 3 is 2.58 bits per heavy atom. The number of nitriles is 1. The Kier molecular flexibility index (Phi) is 7.46. The Morgan fingerprint density at radius 1 is 1.30 bits per heavy atom. The highest BCUT2D eigenvalue weighted by Gasteiger charge is 2.32. The van der Waals surface area contributed by atoms with Gasteiger partial charge in [-0.05, 0) is 49.6 Å². The van der Waals surface area contributed by atoms with Crippen molar-refractivity contribution in [3.8, 4) is 11.9 Å². The number of rotatable bonds is 7. The SMILES string of the molecule is CCn1c(O)c(C(=O)CCCN2C(=O)/C(=C/c3ccc(F)cc3)SC2=S)c(C)c(C#N)c1=O. The summed E-state index contributed by atoms with van der Waals surface area (Å²) in [7, 11) is 0. The van der Waals surface area contributed by atoms with E-state index in [-0.39, 0.29) is 54.3 Å². The van der Waals surface area contributed by atoms with E-state index in [2.05, 4.69) is 0 Å². The first kappa shape index (κ1) is 24.4. The molecule has 0 unspecified atom stereocenters. The van der Waals surface area contributed by atoms with Crippen molar-refractivity contribution in [1.29, 1.82) is 5.26 Å². The van der Waals surface area contributed by atoms with Gasteiger partial charge in [0, 0.05) is 19.5 Å². The summed E-state index contributed by atoms with van der Waals surface area (Å²) >= 11 is 6.42. The van der Waals surface area contributed by atoms with Gasteiger partial charge in [-0.25, -0.2) is 4.39 Å². The number of pyridine rings is 1. The Balaban J connectivity index is 1.72. The summed E-state index contributed by atoms with van der Waals surface area (Å²) in [6, 6.07) is 7.52. The molecule has 10 heteroatoms. The Morgan fingerprint density at radius 2 is 1.97 bits per heavy atom. The second-order valence-corrected chi connectivity index (χ2v) is 8.95. The molecule has 0 aliphatic carbocycles. The van der Waals surface area contributed by atoms with E-state index in [9.17, 15) is 29.1 Å². The number of Topliss-reactive ketones (excluding diaryl/α,β-unsaturated/α-hetero) is 1. The van der Waals surface area contributed by atoms with Crippen LogP contribution < -0.4 is 5.56 Å². The number of halogens is 1. The van der Waals surface area contributed by atoms with E-state index >= 15 is 0 Å². The second-order valence-electron chi connectivity index (χ2n) is 7.27. The molecule has 0 atom stereocenters. The average Bonchev–Trinajstić information content (AvgIpc) is 3.03. The van der Waals surface area contributed by atoms with E-state index in [1.54, 1.807) is 31.2 Å². The number of thiocarbonyl (C=S) groups is 1. The lowest BCUT2D eigenvalue weighted by atomic mass is 9.99. The monoisotopic (exact) mass is 485 g/mol. The summed E-state index contributed by atoms with van der Waals surface area (Å²) in [4.78, 5) is 39.6. The average molecular weight is 486 g/mol. The van der Waals surface area contributed by atoms with E-state index in [1.807, 2.05) is 0 Å². The summed E-state index contributed by atoms with van der Waals surface area (Å²) in [6.07, 6.45) is 1.87. The van der Waals surface area contributed by atoms with Crippen molar-refractivity contribution >= 4 is 46.1 Å². The van der Waals surface area contributed by atoms with Gasteiger partial charge in [-0.1, -0.05) is 36.1 Å². The van der Waals surface area contributed by atoms with Crippen LogP contribution in [0.2, 0.25) is 0 Å². The Bertz CT molecular complexity index is 1280. The lowest BCUT2D eigenvalue weighted by Gasteiger charge is -2.16. The van der Waals surface area contributed by atoms with E-state index in [1.165, 1.54) is 24.0 Å². The third-order valence-corrected chi connectivity index (χ3v) is 6.60. The maximum absolute atomic E-state index is 13.1. The summed E-state index contributed by atoms with van der Waals surface area (Å²) in [5.74, 6) is -1.57. The van der Waals surface area contributed by atoms with Gasteiger partial charge in [0.05, 0.1) is 10.5 Å². The molecule has 1 fully saturated rings. The van der Waals surface area contributed by atoms with Crippen LogP contribution in [0, 0.1) is 24.1 Å². The summed E-state index contributed by atoms with van der Waals surface area (Å²) in [5.41, 5.74) is -0.0764. The number of hydrogen-bond donors (Lipinski definition) is 1. The van der Waals surface area contributed by atoms with Crippen molar-refractivity contribution in [1.82, 2.24) is 9.47 Å². The summed E-state index contributed by atoms with van der Waals surface area (Å²) in [6.45, 7) is 3.38. The van der Waals surface area contributed by atoms with Gasteiger partial charge in [-0.2, -0.15) is 5.26 Å². The van der Waals surface area contributed by atoms with Gasteiger partial charge in [-0.3, -0.25) is 23.9 Å². The first-order valence-corrected chi connectivity index (χ1v) is 11.3. The number of amides is 1. The molecule has 0 radical (unpaired) electrons. The highest BCUT2D eigenvalue weighted by atomic mass is 32.2. The lowest BCUT2D eigenvalue weighted by molar-refractivity contribution is -0.122. The number of carbonyl (C=O) groups is 2. The minimum Gasteiger partial charge on any atom is -0.494 e. The van der Waals surface area contributed by atoms with E-state index in [0.717, 1.165) is 16.3 Å². The summed E-state index contributed by atoms with van der Waals surface area (Å²) < 4.78 is 14.4. The minimum absolute atomic E-state index is 0.0186. The number of benzene rings is 1. The third-order valence-electron chi connectivity index (χ3n) is 5.22. The third kappa shape index (κ3) is 4.89. The van der Waals surface area contributed by atoms with E-state index in [0.29, 0.717) is 14.8 Å². The maximum Gasteiger partial charge on any atom is 0.271 e. The van der Waals surface area contributed by atoms with Gasteiger partial charge >= 0.3 is 0 Å². The van der Waals surface area contributed by atoms with Crippen LogP contribution in [0.4, 0.5) is 4.39 Å². The van der Waals surface area contributed by atoms with Crippen molar-refractivity contribution in [3.05, 3.63) is 67.6 Å². The summed E-state index contributed by atoms with van der Waals surface area (Å²) in [5, 5.41) is 19.7. The molecule has 7 nitrogen and oxygen atoms in total. The molecular weight excluding hydrogens is 465 g/mol. The van der Waals surface area contributed by atoms with Crippen LogP contribution in [-0.2, 0) is 11.3 Å². The van der Waals surface area contributed by atoms with Gasteiger partial charge in [0.15, 0.2) is 5.78 Å². The lowest BCUT2D eigenvalue weighted by Crippen LogP contribution is -2.29. The zero-order chi connectivity index (χ0) is 24.3. The molecule has 0 spiro atoms. The molecule has 170 valence electrons. The highest BCUT2D eigenvalue weighted by molar-refractivity contribution is 8.26. The molecule has 1 aliphatic rings. The number of nitrogens with zero attached hydrogens (tertiary/aromatic N) is 3. The Hall–Kier alpha value is -3.29. The Labute approximate surface area is 199 Å². The normalized spacial score (nSPS) is 14.7. The molecule has 0 saturated carbocycles. The van der Waals surface area contributed by atoms with E-state index < -0.39 is 17.2 Å². The zero-order valence-electron chi connectivity index (χ0n) is 17.9. The standard InChI is InChI=1S/C23H20FN3O4S2/c1-3-26-20(29)16(12-25)13(2)19(22(26)31)17(28)5-4-10-27-21(30)18(33-23(27)32)11-14-6-8-15(24)9-7-14/h6-9,11,31H,3-5,10H2,1-2H3/b18-11-. The first-order valence-electron chi connectivity index (χ1n) is 10.1. The van der Waals surface area contributed by atoms with Gasteiger partial charge in [-0.15, -0.1) is 0 Å². The van der Waals surface area contributed by atoms with Crippen molar-refractivity contribution in [3.63, 3.8) is 0 Å². The number of hydrogen-bond acceptors (Lipinski definition) is 7. The molecule has 1 saturated heterocycles. The zero-order valence-corrected chi connectivity index (χ0v) is 19.6. The molecule has 1 aliphatic heterocycles. The predicted octanol–water partition coefficient (Wildman–Crippen LogP) is 3.76. The van der Waals surface area contributed by atoms with Crippen LogP contribution in [0.3, 0.4) is 0 Å². The topological polar surface area (TPSA) is 103 Å². The van der Waals surface area contributed by atoms with E-state index in [4.69, 9.17) is 12.2 Å². The molecule has 33 heavy (non-hydrogen) atoms. The quantitative estimate of drug-likeness (QED) is 0.362. The number of thioether (sulfide) groups is 1. The largest absolute Gasteiger partial charge is 0.494 e. The molecule has 1 aromatic heterocycles.